The Morgan fingerprint density at radius 1 is 1.03 bits per heavy atom. The number of halogens is 6. The minimum atomic E-state index is -5.05. The number of alkyl halides is 6. The predicted molar refractivity (Wildman–Crippen MR) is 96.4 cm³/mol. The summed E-state index contributed by atoms with van der Waals surface area (Å²) in [6, 6.07) is 5.58. The van der Waals surface area contributed by atoms with Crippen molar-refractivity contribution in [2.24, 2.45) is 0 Å². The predicted octanol–water partition coefficient (Wildman–Crippen LogP) is 3.54. The zero-order valence-corrected chi connectivity index (χ0v) is 15.9. The maximum absolute atomic E-state index is 12.9. The molecule has 0 aliphatic rings. The molecular formula is C19H12F6N6O. The highest BCUT2D eigenvalue weighted by molar-refractivity contribution is 5.94. The van der Waals surface area contributed by atoms with Crippen LogP contribution in [-0.2, 0) is 18.8 Å². The van der Waals surface area contributed by atoms with Crippen LogP contribution < -0.4 is 5.32 Å². The molecule has 3 aromatic rings. The summed E-state index contributed by atoms with van der Waals surface area (Å²) in [5, 5.41) is 15.1. The van der Waals surface area contributed by atoms with E-state index >= 15 is 0 Å². The number of carbonyl (C=O) groups excluding carboxylic acids is 1. The number of nitriles is 1. The lowest BCUT2D eigenvalue weighted by Crippen LogP contribution is -2.27. The molecule has 166 valence electrons. The van der Waals surface area contributed by atoms with Gasteiger partial charge in [0.1, 0.15) is 18.2 Å². The van der Waals surface area contributed by atoms with E-state index in [1.165, 1.54) is 29.3 Å². The standard InChI is InChI=1S/C19H12F6N6O/c20-18(21,22)13-5-12(6-14(7-13)19(23,24)25)17(32)27-4-3-16-29-10-30-31(16)15-2-1-11(8-26)9-28-15/h1-2,5-7,9-10H,3-4H2,(H,27,32). The highest BCUT2D eigenvalue weighted by Gasteiger charge is 2.37. The molecule has 13 heteroatoms. The molecule has 2 heterocycles. The van der Waals surface area contributed by atoms with Crippen molar-refractivity contribution >= 4 is 5.91 Å². The van der Waals surface area contributed by atoms with E-state index in [4.69, 9.17) is 5.26 Å². The first-order chi connectivity index (χ1) is 15.0. The van der Waals surface area contributed by atoms with Crippen LogP contribution in [0.15, 0.2) is 42.9 Å². The average molecular weight is 454 g/mol. The van der Waals surface area contributed by atoms with Gasteiger partial charge in [0.25, 0.3) is 5.91 Å². The molecule has 0 spiro atoms. The molecule has 3 rings (SSSR count). The van der Waals surface area contributed by atoms with Gasteiger partial charge in [0.15, 0.2) is 5.82 Å². The van der Waals surface area contributed by atoms with Crippen LogP contribution in [0.4, 0.5) is 26.3 Å². The average Bonchev–Trinajstić information content (AvgIpc) is 3.20. The number of aromatic nitrogens is 4. The first-order valence-electron chi connectivity index (χ1n) is 8.82. The second-order valence-electron chi connectivity index (χ2n) is 6.41. The number of benzene rings is 1. The largest absolute Gasteiger partial charge is 0.416 e. The molecule has 0 atom stereocenters. The lowest BCUT2D eigenvalue weighted by atomic mass is 10.0. The van der Waals surface area contributed by atoms with Crippen LogP contribution in [0.2, 0.25) is 0 Å². The normalized spacial score (nSPS) is 11.8. The second kappa shape index (κ2) is 8.66. The second-order valence-corrected chi connectivity index (χ2v) is 6.41. The van der Waals surface area contributed by atoms with E-state index in [1.807, 2.05) is 6.07 Å². The van der Waals surface area contributed by atoms with Crippen LogP contribution in [0.25, 0.3) is 5.82 Å². The molecule has 0 aliphatic heterocycles. The van der Waals surface area contributed by atoms with Crippen LogP contribution in [-0.4, -0.2) is 32.2 Å². The summed E-state index contributed by atoms with van der Waals surface area (Å²) in [6.45, 7) is -0.147. The minimum absolute atomic E-state index is 0.0517. The summed E-state index contributed by atoms with van der Waals surface area (Å²) in [5.41, 5.74) is -3.61. The Labute approximate surface area is 176 Å². The number of hydrogen-bond acceptors (Lipinski definition) is 5. The molecule has 7 nitrogen and oxygen atoms in total. The molecule has 1 N–H and O–H groups in total. The third kappa shape index (κ3) is 5.20. The summed E-state index contributed by atoms with van der Waals surface area (Å²) in [4.78, 5) is 20.3. The zero-order chi connectivity index (χ0) is 23.5. The van der Waals surface area contributed by atoms with E-state index in [-0.39, 0.29) is 19.0 Å². The molecule has 0 radical (unpaired) electrons. The Morgan fingerprint density at radius 3 is 2.22 bits per heavy atom. The van der Waals surface area contributed by atoms with Crippen molar-refractivity contribution in [2.75, 3.05) is 6.54 Å². The van der Waals surface area contributed by atoms with Gasteiger partial charge in [-0.3, -0.25) is 4.79 Å². The zero-order valence-electron chi connectivity index (χ0n) is 15.9. The van der Waals surface area contributed by atoms with Gasteiger partial charge in [-0.2, -0.15) is 41.4 Å². The van der Waals surface area contributed by atoms with Crippen molar-refractivity contribution < 1.29 is 31.1 Å². The summed E-state index contributed by atoms with van der Waals surface area (Å²) in [5.74, 6) is -0.456. The van der Waals surface area contributed by atoms with E-state index in [2.05, 4.69) is 20.4 Å². The highest BCUT2D eigenvalue weighted by atomic mass is 19.4. The molecule has 0 unspecified atom stereocenters. The number of carbonyl (C=O) groups is 1. The Morgan fingerprint density at radius 2 is 1.69 bits per heavy atom. The molecule has 2 aromatic heterocycles. The fourth-order valence-electron chi connectivity index (χ4n) is 2.68. The van der Waals surface area contributed by atoms with Crippen LogP contribution >= 0.6 is 0 Å². The first kappa shape index (κ1) is 22.7. The van der Waals surface area contributed by atoms with Gasteiger partial charge < -0.3 is 5.32 Å². The van der Waals surface area contributed by atoms with Crippen molar-refractivity contribution in [3.8, 4) is 11.9 Å². The monoisotopic (exact) mass is 454 g/mol. The number of nitrogens with one attached hydrogen (secondary N) is 1. The Kier molecular flexibility index (Phi) is 6.15. The molecule has 0 bridgehead atoms. The van der Waals surface area contributed by atoms with Crippen molar-refractivity contribution in [2.45, 2.75) is 18.8 Å². The Hall–Kier alpha value is -3.95. The quantitative estimate of drug-likeness (QED) is 0.595. The summed E-state index contributed by atoms with van der Waals surface area (Å²) in [6.07, 6.45) is -7.53. The van der Waals surface area contributed by atoms with Crippen molar-refractivity contribution in [3.05, 3.63) is 70.9 Å². The molecule has 0 fully saturated rings. The van der Waals surface area contributed by atoms with E-state index in [0.717, 1.165) is 0 Å². The number of pyridine rings is 1. The molecule has 0 aliphatic carbocycles. The topological polar surface area (TPSA) is 96.5 Å². The number of nitrogens with zero attached hydrogens (tertiary/aromatic N) is 5. The number of hydrogen-bond donors (Lipinski definition) is 1. The molecule has 0 saturated heterocycles. The minimum Gasteiger partial charge on any atom is -0.352 e. The van der Waals surface area contributed by atoms with Gasteiger partial charge in [-0.05, 0) is 30.3 Å². The van der Waals surface area contributed by atoms with Gasteiger partial charge >= 0.3 is 12.4 Å². The van der Waals surface area contributed by atoms with Crippen molar-refractivity contribution in [3.63, 3.8) is 0 Å². The molecule has 1 aromatic carbocycles. The van der Waals surface area contributed by atoms with E-state index in [0.29, 0.717) is 29.3 Å². The first-order valence-corrected chi connectivity index (χ1v) is 8.82. The van der Waals surface area contributed by atoms with Gasteiger partial charge in [0.05, 0.1) is 16.7 Å². The Balaban J connectivity index is 1.73. The van der Waals surface area contributed by atoms with Gasteiger partial charge in [-0.1, -0.05) is 0 Å². The van der Waals surface area contributed by atoms with Gasteiger partial charge in [0.2, 0.25) is 0 Å². The highest BCUT2D eigenvalue weighted by Crippen LogP contribution is 2.36. The molecule has 1 amide bonds. The van der Waals surface area contributed by atoms with E-state index in [1.54, 1.807) is 0 Å². The van der Waals surface area contributed by atoms with Crippen molar-refractivity contribution in [1.82, 2.24) is 25.1 Å². The van der Waals surface area contributed by atoms with Crippen molar-refractivity contribution in [1.29, 1.82) is 5.26 Å². The van der Waals surface area contributed by atoms with Crippen LogP contribution in [0.3, 0.4) is 0 Å². The van der Waals surface area contributed by atoms with Gasteiger partial charge in [-0.25, -0.2) is 9.97 Å². The molecule has 32 heavy (non-hydrogen) atoms. The van der Waals surface area contributed by atoms with Gasteiger partial charge in [-0.15, -0.1) is 0 Å². The van der Waals surface area contributed by atoms with E-state index in [9.17, 15) is 31.1 Å². The number of rotatable bonds is 5. The Bertz CT molecular complexity index is 1130. The molecular weight excluding hydrogens is 442 g/mol. The maximum atomic E-state index is 12.9. The van der Waals surface area contributed by atoms with E-state index < -0.39 is 35.0 Å². The third-order valence-corrected chi connectivity index (χ3v) is 4.20. The lowest BCUT2D eigenvalue weighted by Gasteiger charge is -2.14. The SMILES string of the molecule is N#Cc1ccc(-n2ncnc2CCNC(=O)c2cc(C(F)(F)F)cc(C(F)(F)F)c2)nc1. The molecule has 0 saturated carbocycles. The number of amides is 1. The lowest BCUT2D eigenvalue weighted by molar-refractivity contribution is -0.143. The summed E-state index contributed by atoms with van der Waals surface area (Å²) >= 11 is 0. The van der Waals surface area contributed by atoms with Gasteiger partial charge in [0, 0.05) is 24.7 Å². The van der Waals surface area contributed by atoms with Crippen LogP contribution in [0.1, 0.15) is 32.9 Å². The van der Waals surface area contributed by atoms with Crippen LogP contribution in [0.5, 0.6) is 0 Å². The summed E-state index contributed by atoms with van der Waals surface area (Å²) in [7, 11) is 0. The third-order valence-electron chi connectivity index (χ3n) is 4.20. The smallest absolute Gasteiger partial charge is 0.352 e. The fourth-order valence-corrected chi connectivity index (χ4v) is 2.68. The fraction of sp³-hybridized carbons (Fsp3) is 0.211. The summed E-state index contributed by atoms with van der Waals surface area (Å²) < 4.78 is 79.0. The van der Waals surface area contributed by atoms with Crippen LogP contribution in [0, 0.1) is 11.3 Å². The maximum Gasteiger partial charge on any atom is 0.416 e.